The van der Waals surface area contributed by atoms with Crippen molar-refractivity contribution in [2.75, 3.05) is 32.8 Å². The molecule has 5 heteroatoms. The third-order valence-electron chi connectivity index (χ3n) is 7.04. The fraction of sp³-hybridized carbons (Fsp3) is 0.481. The summed E-state index contributed by atoms with van der Waals surface area (Å²) in [6.07, 6.45) is 4.78. The van der Waals surface area contributed by atoms with E-state index < -0.39 is 0 Å². The number of aryl methyl sites for hydroxylation is 1. The lowest BCUT2D eigenvalue weighted by Crippen LogP contribution is -2.50. The van der Waals surface area contributed by atoms with E-state index in [2.05, 4.69) is 41.7 Å². The Morgan fingerprint density at radius 1 is 1.03 bits per heavy atom. The highest BCUT2D eigenvalue weighted by molar-refractivity contribution is 5.83. The Morgan fingerprint density at radius 3 is 2.44 bits per heavy atom. The summed E-state index contributed by atoms with van der Waals surface area (Å²) in [5.74, 6) is 0.122. The fourth-order valence-corrected chi connectivity index (χ4v) is 4.99. The first kappa shape index (κ1) is 22.5. The Labute approximate surface area is 191 Å². The van der Waals surface area contributed by atoms with Gasteiger partial charge in [-0.3, -0.25) is 9.59 Å². The second-order valence-electron chi connectivity index (χ2n) is 9.14. The van der Waals surface area contributed by atoms with Crippen molar-refractivity contribution in [1.29, 1.82) is 0 Å². The quantitative estimate of drug-likeness (QED) is 0.689. The van der Waals surface area contributed by atoms with Crippen LogP contribution in [0.2, 0.25) is 0 Å². The first-order valence-corrected chi connectivity index (χ1v) is 11.9. The Morgan fingerprint density at radius 2 is 1.72 bits per heavy atom. The molecular weight excluding hydrogens is 400 g/mol. The molecule has 2 aromatic rings. The summed E-state index contributed by atoms with van der Waals surface area (Å²) in [6, 6.07) is 20.8. The van der Waals surface area contributed by atoms with Crippen LogP contribution in [0, 0.1) is 5.92 Å². The summed E-state index contributed by atoms with van der Waals surface area (Å²) in [5, 5.41) is 3.25. The summed E-state index contributed by atoms with van der Waals surface area (Å²) >= 11 is 0. The Balaban J connectivity index is 1.31. The molecule has 2 heterocycles. The summed E-state index contributed by atoms with van der Waals surface area (Å²) in [4.78, 5) is 27.4. The average Bonchev–Trinajstić information content (AvgIpc) is 2.85. The van der Waals surface area contributed by atoms with E-state index in [9.17, 15) is 9.59 Å². The zero-order chi connectivity index (χ0) is 22.2. The summed E-state index contributed by atoms with van der Waals surface area (Å²) in [7, 11) is 0. The van der Waals surface area contributed by atoms with Gasteiger partial charge in [-0.05, 0) is 43.2 Å². The second kappa shape index (κ2) is 10.8. The molecule has 2 aliphatic rings. The van der Waals surface area contributed by atoms with Crippen molar-refractivity contribution in [2.45, 2.75) is 43.9 Å². The minimum atomic E-state index is -0.128. The maximum Gasteiger partial charge on any atom is 0.224 e. The van der Waals surface area contributed by atoms with Crippen molar-refractivity contribution in [3.63, 3.8) is 0 Å². The van der Waals surface area contributed by atoms with Crippen molar-refractivity contribution in [2.24, 2.45) is 5.92 Å². The highest BCUT2D eigenvalue weighted by Crippen LogP contribution is 2.34. The molecule has 0 aromatic heterocycles. The number of nitrogens with one attached hydrogen (secondary N) is 1. The first-order chi connectivity index (χ1) is 15.7. The number of nitrogens with zero attached hydrogens (tertiary/aromatic N) is 1. The minimum Gasteiger partial charge on any atom is -0.381 e. The highest BCUT2D eigenvalue weighted by Gasteiger charge is 2.36. The number of carbonyl (C=O) groups is 2. The SMILES string of the molecule is O=C(NCC1(c2ccccc2)CCOCC1)[C@@H]1CCC(=O)N(CCCc2ccccc2)C1. The van der Waals surface area contributed by atoms with E-state index in [-0.39, 0.29) is 23.1 Å². The van der Waals surface area contributed by atoms with Gasteiger partial charge in [0, 0.05) is 44.7 Å². The number of hydrogen-bond donors (Lipinski definition) is 1. The van der Waals surface area contributed by atoms with Gasteiger partial charge in [0.25, 0.3) is 0 Å². The third-order valence-corrected chi connectivity index (χ3v) is 7.04. The van der Waals surface area contributed by atoms with Crippen molar-refractivity contribution < 1.29 is 14.3 Å². The molecule has 0 saturated carbocycles. The van der Waals surface area contributed by atoms with Gasteiger partial charge in [0.2, 0.25) is 11.8 Å². The molecule has 2 fully saturated rings. The van der Waals surface area contributed by atoms with Gasteiger partial charge in [0.05, 0.1) is 5.92 Å². The second-order valence-corrected chi connectivity index (χ2v) is 9.14. The van der Waals surface area contributed by atoms with Gasteiger partial charge in [-0.2, -0.15) is 0 Å². The van der Waals surface area contributed by atoms with E-state index in [0.717, 1.165) is 38.9 Å². The van der Waals surface area contributed by atoms with Crippen molar-refractivity contribution >= 4 is 11.8 Å². The lowest BCUT2D eigenvalue weighted by molar-refractivity contribution is -0.138. The van der Waals surface area contributed by atoms with Crippen LogP contribution in [0.4, 0.5) is 0 Å². The number of ether oxygens (including phenoxy) is 1. The number of carbonyl (C=O) groups excluding carboxylic acids is 2. The maximum atomic E-state index is 13.1. The molecule has 32 heavy (non-hydrogen) atoms. The van der Waals surface area contributed by atoms with Gasteiger partial charge < -0.3 is 15.0 Å². The van der Waals surface area contributed by atoms with E-state index in [1.54, 1.807) is 0 Å². The van der Waals surface area contributed by atoms with Crippen molar-refractivity contribution in [1.82, 2.24) is 10.2 Å². The minimum absolute atomic E-state index is 0.0744. The fourth-order valence-electron chi connectivity index (χ4n) is 4.99. The van der Waals surface area contributed by atoms with E-state index in [1.165, 1.54) is 11.1 Å². The van der Waals surface area contributed by atoms with E-state index in [1.807, 2.05) is 29.2 Å². The monoisotopic (exact) mass is 434 g/mol. The number of likely N-dealkylation sites (tertiary alicyclic amines) is 1. The average molecular weight is 435 g/mol. The topological polar surface area (TPSA) is 58.6 Å². The molecule has 2 saturated heterocycles. The van der Waals surface area contributed by atoms with Gasteiger partial charge in [-0.15, -0.1) is 0 Å². The largest absolute Gasteiger partial charge is 0.381 e. The molecular formula is C27H34N2O3. The van der Waals surface area contributed by atoms with Crippen LogP contribution in [0.1, 0.15) is 43.2 Å². The van der Waals surface area contributed by atoms with Crippen LogP contribution in [0.15, 0.2) is 60.7 Å². The van der Waals surface area contributed by atoms with Crippen LogP contribution in [0.3, 0.4) is 0 Å². The molecule has 0 spiro atoms. The molecule has 170 valence electrons. The van der Waals surface area contributed by atoms with Crippen LogP contribution < -0.4 is 5.32 Å². The maximum absolute atomic E-state index is 13.1. The molecule has 0 aliphatic carbocycles. The zero-order valence-corrected chi connectivity index (χ0v) is 18.8. The number of hydrogen-bond acceptors (Lipinski definition) is 3. The summed E-state index contributed by atoms with van der Waals surface area (Å²) in [6.45, 7) is 3.30. The molecule has 2 aliphatic heterocycles. The van der Waals surface area contributed by atoms with Gasteiger partial charge in [-0.25, -0.2) is 0 Å². The van der Waals surface area contributed by atoms with Gasteiger partial charge >= 0.3 is 0 Å². The zero-order valence-electron chi connectivity index (χ0n) is 18.8. The molecule has 0 radical (unpaired) electrons. The lowest BCUT2D eigenvalue weighted by Gasteiger charge is -2.39. The van der Waals surface area contributed by atoms with E-state index in [4.69, 9.17) is 4.74 Å². The van der Waals surface area contributed by atoms with Crippen LogP contribution in [-0.4, -0.2) is 49.6 Å². The van der Waals surface area contributed by atoms with Crippen LogP contribution in [-0.2, 0) is 26.2 Å². The number of amides is 2. The predicted octanol–water partition coefficient (Wildman–Crippen LogP) is 3.72. The molecule has 2 amide bonds. The van der Waals surface area contributed by atoms with E-state index in [0.29, 0.717) is 32.5 Å². The number of benzene rings is 2. The summed E-state index contributed by atoms with van der Waals surface area (Å²) < 4.78 is 5.61. The molecule has 0 unspecified atom stereocenters. The molecule has 0 bridgehead atoms. The molecule has 1 N–H and O–H groups in total. The highest BCUT2D eigenvalue weighted by atomic mass is 16.5. The predicted molar refractivity (Wildman–Crippen MR) is 125 cm³/mol. The molecule has 5 nitrogen and oxygen atoms in total. The Bertz CT molecular complexity index is 878. The third kappa shape index (κ3) is 5.57. The smallest absolute Gasteiger partial charge is 0.224 e. The van der Waals surface area contributed by atoms with Crippen molar-refractivity contribution in [3.05, 3.63) is 71.8 Å². The number of rotatable bonds is 8. The van der Waals surface area contributed by atoms with Crippen molar-refractivity contribution in [3.8, 4) is 0 Å². The van der Waals surface area contributed by atoms with Crippen LogP contribution >= 0.6 is 0 Å². The van der Waals surface area contributed by atoms with Gasteiger partial charge in [-0.1, -0.05) is 60.7 Å². The molecule has 1 atom stereocenters. The van der Waals surface area contributed by atoms with Gasteiger partial charge in [0.15, 0.2) is 0 Å². The first-order valence-electron chi connectivity index (χ1n) is 11.9. The normalized spacial score (nSPS) is 20.7. The molecule has 2 aromatic carbocycles. The van der Waals surface area contributed by atoms with E-state index >= 15 is 0 Å². The standard InChI is InChI=1S/C27H34N2O3/c30-25-14-13-23(20-29(25)17-7-10-22-8-3-1-4-9-22)26(31)28-21-27(15-18-32-19-16-27)24-11-5-2-6-12-24/h1-6,8-9,11-12,23H,7,10,13-21H2,(H,28,31)/t23-/m1/s1. The molecule has 4 rings (SSSR count). The van der Waals surface area contributed by atoms with Crippen LogP contribution in [0.25, 0.3) is 0 Å². The van der Waals surface area contributed by atoms with Crippen LogP contribution in [0.5, 0.6) is 0 Å². The lowest BCUT2D eigenvalue weighted by atomic mass is 9.74. The summed E-state index contributed by atoms with van der Waals surface area (Å²) in [5.41, 5.74) is 2.48. The number of piperidine rings is 1. The van der Waals surface area contributed by atoms with Gasteiger partial charge in [0.1, 0.15) is 0 Å². The Hall–Kier alpha value is -2.66. The Kier molecular flexibility index (Phi) is 7.59.